The quantitative estimate of drug-likeness (QED) is 0.273. The largest absolute Gasteiger partial charge is 0.488 e. The Labute approximate surface area is 203 Å². The van der Waals surface area contributed by atoms with Crippen molar-refractivity contribution < 1.29 is 18.8 Å². The highest BCUT2D eigenvalue weighted by molar-refractivity contribution is 14.1. The molecule has 162 valence electrons. The van der Waals surface area contributed by atoms with Crippen LogP contribution in [-0.4, -0.2) is 11.1 Å². The van der Waals surface area contributed by atoms with Crippen molar-refractivity contribution in [3.63, 3.8) is 0 Å². The van der Waals surface area contributed by atoms with Gasteiger partial charge in [-0.25, -0.2) is 0 Å². The predicted molar refractivity (Wildman–Crippen MR) is 130 cm³/mol. The van der Waals surface area contributed by atoms with Crippen molar-refractivity contribution in [3.8, 4) is 22.8 Å². The van der Waals surface area contributed by atoms with Crippen LogP contribution in [0.2, 0.25) is 5.02 Å². The Morgan fingerprint density at radius 1 is 0.938 bits per heavy atom. The van der Waals surface area contributed by atoms with Crippen molar-refractivity contribution in [2.24, 2.45) is 5.73 Å². The molecule has 0 bridgehead atoms. The number of benzene rings is 3. The number of aromatic nitrogens is 1. The maximum Gasteiger partial charge on any atom is 0.272 e. The molecule has 2 N–H and O–H groups in total. The van der Waals surface area contributed by atoms with Gasteiger partial charge in [-0.2, -0.15) is 0 Å². The van der Waals surface area contributed by atoms with E-state index in [4.69, 9.17) is 31.3 Å². The van der Waals surface area contributed by atoms with E-state index in [-0.39, 0.29) is 5.69 Å². The second kappa shape index (κ2) is 10.1. The molecule has 0 fully saturated rings. The lowest BCUT2D eigenvalue weighted by molar-refractivity contribution is 0.0991. The number of rotatable bonds is 8. The molecular formula is C24H18ClIN2O4. The molecule has 1 heterocycles. The summed E-state index contributed by atoms with van der Waals surface area (Å²) < 4.78 is 18.0. The fraction of sp³-hybridized carbons (Fsp3) is 0.0833. The number of hydrogen-bond acceptors (Lipinski definition) is 5. The normalized spacial score (nSPS) is 10.7. The van der Waals surface area contributed by atoms with Gasteiger partial charge in [0.1, 0.15) is 24.7 Å². The molecule has 8 heteroatoms. The van der Waals surface area contributed by atoms with Crippen molar-refractivity contribution >= 4 is 40.1 Å². The molecule has 0 atom stereocenters. The third-order valence-corrected chi connectivity index (χ3v) is 5.92. The van der Waals surface area contributed by atoms with E-state index in [1.165, 1.54) is 0 Å². The monoisotopic (exact) mass is 560 g/mol. The first-order valence-electron chi connectivity index (χ1n) is 9.65. The Morgan fingerprint density at radius 2 is 1.50 bits per heavy atom. The third kappa shape index (κ3) is 5.05. The van der Waals surface area contributed by atoms with E-state index in [9.17, 15) is 4.79 Å². The van der Waals surface area contributed by atoms with Crippen LogP contribution in [0.5, 0.6) is 11.5 Å². The average molecular weight is 561 g/mol. The minimum absolute atomic E-state index is 0.0511. The second-order valence-electron chi connectivity index (χ2n) is 6.87. The van der Waals surface area contributed by atoms with Crippen molar-refractivity contribution in [1.29, 1.82) is 0 Å². The smallest absolute Gasteiger partial charge is 0.272 e. The highest BCUT2D eigenvalue weighted by atomic mass is 127. The number of halogens is 2. The lowest BCUT2D eigenvalue weighted by atomic mass is 10.1. The summed E-state index contributed by atoms with van der Waals surface area (Å²) in [5.41, 5.74) is 7.98. The van der Waals surface area contributed by atoms with E-state index in [1.54, 1.807) is 12.1 Å². The third-order valence-electron chi connectivity index (χ3n) is 4.62. The maximum atomic E-state index is 11.6. The molecule has 32 heavy (non-hydrogen) atoms. The minimum Gasteiger partial charge on any atom is -0.488 e. The average Bonchev–Trinajstić information content (AvgIpc) is 3.20. The SMILES string of the molecule is NC(=O)c1noc(-c2cc(Cl)c(OCc3ccccc3)cc2OCc2ccccc2)c1I. The first-order valence-corrected chi connectivity index (χ1v) is 11.1. The standard InChI is InChI=1S/C24H18ClIN2O4/c25-18-11-17(23-21(26)22(24(27)29)28-32-23)19(30-13-15-7-3-1-4-8-15)12-20(18)31-14-16-9-5-2-6-10-16/h1-12H,13-14H2,(H2,27,29). The molecule has 3 aromatic carbocycles. The van der Waals surface area contributed by atoms with E-state index in [1.807, 2.05) is 83.3 Å². The molecule has 0 aliphatic heterocycles. The fourth-order valence-corrected chi connectivity index (χ4v) is 3.98. The molecular weight excluding hydrogens is 543 g/mol. The molecule has 0 unspecified atom stereocenters. The molecule has 0 radical (unpaired) electrons. The van der Waals surface area contributed by atoms with Gasteiger partial charge < -0.3 is 19.7 Å². The zero-order valence-corrected chi connectivity index (χ0v) is 19.7. The molecule has 0 aliphatic rings. The number of primary amides is 1. The van der Waals surface area contributed by atoms with E-state index in [0.29, 0.717) is 44.6 Å². The van der Waals surface area contributed by atoms with Gasteiger partial charge in [0.2, 0.25) is 0 Å². The van der Waals surface area contributed by atoms with Crippen LogP contribution in [0.25, 0.3) is 11.3 Å². The molecule has 4 aromatic rings. The van der Waals surface area contributed by atoms with E-state index < -0.39 is 5.91 Å². The van der Waals surface area contributed by atoms with Crippen molar-refractivity contribution in [2.45, 2.75) is 13.2 Å². The molecule has 0 saturated carbocycles. The lowest BCUT2D eigenvalue weighted by Gasteiger charge is -2.15. The van der Waals surface area contributed by atoms with Crippen LogP contribution >= 0.6 is 34.2 Å². The number of carbonyl (C=O) groups excluding carboxylic acids is 1. The van der Waals surface area contributed by atoms with Gasteiger partial charge in [-0.15, -0.1) is 0 Å². The van der Waals surface area contributed by atoms with Gasteiger partial charge in [0.15, 0.2) is 11.5 Å². The maximum absolute atomic E-state index is 11.6. The van der Waals surface area contributed by atoms with E-state index >= 15 is 0 Å². The van der Waals surface area contributed by atoms with Crippen LogP contribution in [-0.2, 0) is 13.2 Å². The van der Waals surface area contributed by atoms with Crippen LogP contribution in [0.1, 0.15) is 21.6 Å². The summed E-state index contributed by atoms with van der Waals surface area (Å²) in [6.45, 7) is 0.671. The van der Waals surface area contributed by atoms with Crippen LogP contribution < -0.4 is 15.2 Å². The number of amides is 1. The van der Waals surface area contributed by atoms with Crippen LogP contribution in [0.4, 0.5) is 0 Å². The molecule has 0 aliphatic carbocycles. The molecule has 4 rings (SSSR count). The van der Waals surface area contributed by atoms with Crippen LogP contribution in [0.3, 0.4) is 0 Å². The van der Waals surface area contributed by atoms with Crippen molar-refractivity contribution in [3.05, 3.63) is 98.2 Å². The fourth-order valence-electron chi connectivity index (χ4n) is 3.01. The van der Waals surface area contributed by atoms with Gasteiger partial charge in [-0.3, -0.25) is 4.79 Å². The van der Waals surface area contributed by atoms with Crippen molar-refractivity contribution in [1.82, 2.24) is 5.16 Å². The molecule has 0 spiro atoms. The Morgan fingerprint density at radius 3 is 2.03 bits per heavy atom. The first-order chi connectivity index (χ1) is 15.5. The minimum atomic E-state index is -0.676. The van der Waals surface area contributed by atoms with Gasteiger partial charge in [-0.1, -0.05) is 77.4 Å². The summed E-state index contributed by atoms with van der Waals surface area (Å²) >= 11 is 8.49. The van der Waals surface area contributed by atoms with Gasteiger partial charge in [0.25, 0.3) is 5.91 Å². The zero-order valence-electron chi connectivity index (χ0n) is 16.8. The number of carbonyl (C=O) groups is 1. The highest BCUT2D eigenvalue weighted by Crippen LogP contribution is 2.41. The summed E-state index contributed by atoms with van der Waals surface area (Å²) in [6.07, 6.45) is 0. The Bertz CT molecular complexity index is 1230. The molecule has 0 saturated heterocycles. The van der Waals surface area contributed by atoms with Crippen molar-refractivity contribution in [2.75, 3.05) is 0 Å². The zero-order chi connectivity index (χ0) is 22.5. The summed E-state index contributed by atoms with van der Waals surface area (Å²) in [5.74, 6) is 0.613. The molecule has 1 amide bonds. The van der Waals surface area contributed by atoms with Crippen LogP contribution in [0, 0.1) is 3.57 Å². The number of nitrogens with zero attached hydrogens (tertiary/aromatic N) is 1. The predicted octanol–water partition coefficient (Wildman–Crippen LogP) is 5.86. The van der Waals surface area contributed by atoms with Gasteiger partial charge in [0, 0.05) is 6.07 Å². The first kappa shape index (κ1) is 22.2. The van der Waals surface area contributed by atoms with Gasteiger partial charge in [0.05, 0.1) is 14.2 Å². The summed E-state index contributed by atoms with van der Waals surface area (Å²) in [5, 5.41) is 4.16. The Balaban J connectivity index is 1.69. The number of nitrogens with two attached hydrogens (primary N) is 1. The summed E-state index contributed by atoms with van der Waals surface area (Å²) in [4.78, 5) is 11.6. The number of hydrogen-bond donors (Lipinski definition) is 1. The van der Waals surface area contributed by atoms with E-state index in [2.05, 4.69) is 5.16 Å². The summed E-state index contributed by atoms with van der Waals surface area (Å²) in [6, 6.07) is 22.9. The Kier molecular flexibility index (Phi) is 6.96. The van der Waals surface area contributed by atoms with E-state index in [0.717, 1.165) is 11.1 Å². The lowest BCUT2D eigenvalue weighted by Crippen LogP contribution is -2.12. The highest BCUT2D eigenvalue weighted by Gasteiger charge is 2.23. The van der Waals surface area contributed by atoms with Gasteiger partial charge >= 0.3 is 0 Å². The Hall–Kier alpha value is -3.04. The van der Waals surface area contributed by atoms with Crippen LogP contribution in [0.15, 0.2) is 77.3 Å². The molecule has 6 nitrogen and oxygen atoms in total. The molecule has 1 aromatic heterocycles. The second-order valence-corrected chi connectivity index (χ2v) is 8.35. The number of ether oxygens (including phenoxy) is 2. The topological polar surface area (TPSA) is 87.6 Å². The van der Waals surface area contributed by atoms with Gasteiger partial charge in [-0.05, 0) is 39.8 Å². The summed E-state index contributed by atoms with van der Waals surface area (Å²) in [7, 11) is 0.